The molecule has 86 valence electrons. The molecule has 0 bridgehead atoms. The molecule has 17 heavy (non-hydrogen) atoms. The van der Waals surface area contributed by atoms with Gasteiger partial charge in [0.15, 0.2) is 5.78 Å². The number of benzene rings is 1. The number of nitrogens with one attached hydrogen (secondary N) is 1. The number of hydrogen-bond donors (Lipinski definition) is 2. The second-order valence-electron chi connectivity index (χ2n) is 3.66. The van der Waals surface area contributed by atoms with Gasteiger partial charge in [-0.1, -0.05) is 24.3 Å². The Kier molecular flexibility index (Phi) is 2.74. The summed E-state index contributed by atoms with van der Waals surface area (Å²) in [5.41, 5.74) is 6.63. The monoisotopic (exact) mass is 229 g/mol. The molecule has 1 aromatic carbocycles. The molecule has 0 aliphatic carbocycles. The number of carbonyl (C=O) groups excluding carboxylic acids is 1. The SMILES string of the molecule is Cc1ccccc1C(=O)c1cnc(=O)[nH]c1N. The van der Waals surface area contributed by atoms with Crippen LogP contribution in [0.15, 0.2) is 35.3 Å². The molecule has 1 aromatic heterocycles. The van der Waals surface area contributed by atoms with Crippen LogP contribution in [0.4, 0.5) is 5.82 Å². The van der Waals surface area contributed by atoms with Crippen LogP contribution in [0.1, 0.15) is 21.5 Å². The fourth-order valence-corrected chi connectivity index (χ4v) is 1.56. The second-order valence-corrected chi connectivity index (χ2v) is 3.66. The van der Waals surface area contributed by atoms with Crippen molar-refractivity contribution in [3.05, 3.63) is 57.6 Å². The number of rotatable bonds is 2. The molecule has 0 aliphatic rings. The minimum Gasteiger partial charge on any atom is -0.384 e. The number of nitrogens with two attached hydrogens (primary N) is 1. The first-order chi connectivity index (χ1) is 8.09. The molecule has 0 atom stereocenters. The third-order valence-electron chi connectivity index (χ3n) is 2.48. The first-order valence-electron chi connectivity index (χ1n) is 5.04. The normalized spacial score (nSPS) is 10.2. The van der Waals surface area contributed by atoms with E-state index in [1.165, 1.54) is 6.20 Å². The molecule has 0 amide bonds. The van der Waals surface area contributed by atoms with Crippen molar-refractivity contribution in [3.8, 4) is 0 Å². The summed E-state index contributed by atoms with van der Waals surface area (Å²) in [5, 5.41) is 0. The van der Waals surface area contributed by atoms with E-state index in [0.29, 0.717) is 5.56 Å². The van der Waals surface area contributed by atoms with Gasteiger partial charge in [-0.2, -0.15) is 0 Å². The molecule has 1 heterocycles. The van der Waals surface area contributed by atoms with Crippen LogP contribution in [0.3, 0.4) is 0 Å². The Bertz CT molecular complexity index is 632. The largest absolute Gasteiger partial charge is 0.384 e. The van der Waals surface area contributed by atoms with E-state index in [9.17, 15) is 9.59 Å². The Balaban J connectivity index is 2.52. The van der Waals surface area contributed by atoms with Crippen molar-refractivity contribution in [2.24, 2.45) is 0 Å². The van der Waals surface area contributed by atoms with Crippen molar-refractivity contribution >= 4 is 11.6 Å². The van der Waals surface area contributed by atoms with Crippen molar-refractivity contribution in [2.45, 2.75) is 6.92 Å². The molecule has 0 unspecified atom stereocenters. The highest BCUT2D eigenvalue weighted by Crippen LogP contribution is 2.15. The van der Waals surface area contributed by atoms with Crippen molar-refractivity contribution in [1.29, 1.82) is 0 Å². The quantitative estimate of drug-likeness (QED) is 0.748. The van der Waals surface area contributed by atoms with E-state index < -0.39 is 5.69 Å². The lowest BCUT2D eigenvalue weighted by Crippen LogP contribution is -2.17. The number of aromatic nitrogens is 2. The summed E-state index contributed by atoms with van der Waals surface area (Å²) >= 11 is 0. The van der Waals surface area contributed by atoms with E-state index >= 15 is 0 Å². The fraction of sp³-hybridized carbons (Fsp3) is 0.0833. The van der Waals surface area contributed by atoms with Crippen molar-refractivity contribution in [2.75, 3.05) is 5.73 Å². The predicted octanol–water partition coefficient (Wildman–Crippen LogP) is 0.892. The van der Waals surface area contributed by atoms with E-state index in [2.05, 4.69) is 9.97 Å². The van der Waals surface area contributed by atoms with Crippen LogP contribution in [0.25, 0.3) is 0 Å². The number of aromatic amines is 1. The number of aryl methyl sites for hydroxylation is 1. The van der Waals surface area contributed by atoms with E-state index in [0.717, 1.165) is 5.56 Å². The molecule has 5 heteroatoms. The van der Waals surface area contributed by atoms with Crippen LogP contribution in [0.2, 0.25) is 0 Å². The molecule has 3 N–H and O–H groups in total. The highest BCUT2D eigenvalue weighted by molar-refractivity contribution is 6.12. The molecule has 0 radical (unpaired) electrons. The van der Waals surface area contributed by atoms with Gasteiger partial charge in [0.25, 0.3) is 0 Å². The molecule has 5 nitrogen and oxygen atoms in total. The second kappa shape index (κ2) is 4.21. The smallest absolute Gasteiger partial charge is 0.346 e. The molecule has 0 saturated heterocycles. The Morgan fingerprint density at radius 3 is 2.65 bits per heavy atom. The first kappa shape index (κ1) is 11.1. The van der Waals surface area contributed by atoms with Gasteiger partial charge in [0.1, 0.15) is 5.82 Å². The van der Waals surface area contributed by atoms with Crippen molar-refractivity contribution in [3.63, 3.8) is 0 Å². The third-order valence-corrected chi connectivity index (χ3v) is 2.48. The van der Waals surface area contributed by atoms with Gasteiger partial charge >= 0.3 is 5.69 Å². The maximum absolute atomic E-state index is 12.2. The minimum absolute atomic E-state index is 0.0400. The molecule has 2 rings (SSSR count). The molecule has 2 aromatic rings. The Morgan fingerprint density at radius 1 is 1.29 bits per heavy atom. The number of nitrogens with zero attached hydrogens (tertiary/aromatic N) is 1. The fourth-order valence-electron chi connectivity index (χ4n) is 1.56. The predicted molar refractivity (Wildman–Crippen MR) is 63.9 cm³/mol. The summed E-state index contributed by atoms with van der Waals surface area (Å²) in [6, 6.07) is 7.17. The highest BCUT2D eigenvalue weighted by atomic mass is 16.1. The Hall–Kier alpha value is -2.43. The van der Waals surface area contributed by atoms with Gasteiger partial charge in [0.2, 0.25) is 0 Å². The molecular formula is C12H11N3O2. The summed E-state index contributed by atoms with van der Waals surface area (Å²) in [6.45, 7) is 1.84. The van der Waals surface area contributed by atoms with E-state index in [4.69, 9.17) is 5.73 Å². The number of ketones is 1. The molecule has 0 saturated carbocycles. The Morgan fingerprint density at radius 2 is 2.00 bits per heavy atom. The van der Waals surface area contributed by atoms with Crippen molar-refractivity contribution < 1.29 is 4.79 Å². The zero-order valence-corrected chi connectivity index (χ0v) is 9.23. The molecule has 0 aliphatic heterocycles. The topological polar surface area (TPSA) is 88.8 Å². The number of hydrogen-bond acceptors (Lipinski definition) is 4. The molecular weight excluding hydrogens is 218 g/mol. The summed E-state index contributed by atoms with van der Waals surface area (Å²) in [5.74, 6) is -0.206. The van der Waals surface area contributed by atoms with E-state index in [1.54, 1.807) is 12.1 Å². The van der Waals surface area contributed by atoms with Crippen LogP contribution in [0.5, 0.6) is 0 Å². The van der Waals surface area contributed by atoms with Gasteiger partial charge in [-0.3, -0.25) is 9.78 Å². The number of carbonyl (C=O) groups is 1. The lowest BCUT2D eigenvalue weighted by molar-refractivity contribution is 0.103. The number of anilines is 1. The average molecular weight is 229 g/mol. The van der Waals surface area contributed by atoms with Gasteiger partial charge in [0, 0.05) is 11.8 Å². The molecule has 0 fully saturated rings. The van der Waals surface area contributed by atoms with E-state index in [1.807, 2.05) is 19.1 Å². The number of nitrogen functional groups attached to an aromatic ring is 1. The van der Waals surface area contributed by atoms with Crippen molar-refractivity contribution in [1.82, 2.24) is 9.97 Å². The van der Waals surface area contributed by atoms with Crippen LogP contribution in [-0.2, 0) is 0 Å². The average Bonchev–Trinajstić information content (AvgIpc) is 2.29. The zero-order chi connectivity index (χ0) is 12.4. The van der Waals surface area contributed by atoms with Crippen LogP contribution >= 0.6 is 0 Å². The van der Waals surface area contributed by atoms with Gasteiger partial charge in [-0.15, -0.1) is 0 Å². The standard InChI is InChI=1S/C12H11N3O2/c1-7-4-2-3-5-8(7)10(16)9-6-14-12(17)15-11(9)13/h2-6H,1H3,(H3,13,14,15,17). The van der Waals surface area contributed by atoms with Gasteiger partial charge in [-0.25, -0.2) is 9.78 Å². The Labute approximate surface area is 97.3 Å². The zero-order valence-electron chi connectivity index (χ0n) is 9.23. The van der Waals surface area contributed by atoms with Gasteiger partial charge in [0.05, 0.1) is 5.56 Å². The lowest BCUT2D eigenvalue weighted by Gasteiger charge is -2.05. The maximum Gasteiger partial charge on any atom is 0.346 e. The van der Waals surface area contributed by atoms with Crippen LogP contribution in [-0.4, -0.2) is 15.8 Å². The first-order valence-corrected chi connectivity index (χ1v) is 5.04. The van der Waals surface area contributed by atoms with Gasteiger partial charge < -0.3 is 5.73 Å². The van der Waals surface area contributed by atoms with E-state index in [-0.39, 0.29) is 17.2 Å². The summed E-state index contributed by atoms with van der Waals surface area (Å²) < 4.78 is 0. The summed E-state index contributed by atoms with van der Waals surface area (Å²) in [7, 11) is 0. The van der Waals surface area contributed by atoms with Crippen LogP contribution < -0.4 is 11.4 Å². The van der Waals surface area contributed by atoms with Gasteiger partial charge in [-0.05, 0) is 12.5 Å². The highest BCUT2D eigenvalue weighted by Gasteiger charge is 2.14. The number of H-pyrrole nitrogens is 1. The van der Waals surface area contributed by atoms with Crippen LogP contribution in [0, 0.1) is 6.92 Å². The maximum atomic E-state index is 12.2. The lowest BCUT2D eigenvalue weighted by atomic mass is 10.0. The summed E-state index contributed by atoms with van der Waals surface area (Å²) in [4.78, 5) is 28.9. The summed E-state index contributed by atoms with van der Waals surface area (Å²) in [6.07, 6.45) is 1.20. The minimum atomic E-state index is -0.566. The third kappa shape index (κ3) is 2.08. The molecule has 0 spiro atoms.